The highest BCUT2D eigenvalue weighted by molar-refractivity contribution is 7.87. The molecule has 1 fully saturated rings. The molecule has 7 nitrogen and oxygen atoms in total. The molecule has 1 saturated heterocycles. The van der Waals surface area contributed by atoms with Crippen molar-refractivity contribution < 1.29 is 17.6 Å². The average Bonchev–Trinajstić information content (AvgIpc) is 3.15. The van der Waals surface area contributed by atoms with Gasteiger partial charge >= 0.3 is 0 Å². The minimum Gasteiger partial charge on any atom is -0.444 e. The van der Waals surface area contributed by atoms with Crippen LogP contribution in [0.5, 0.6) is 0 Å². The maximum Gasteiger partial charge on any atom is 0.279 e. The Hall–Kier alpha value is -1.26. The first-order valence-corrected chi connectivity index (χ1v) is 9.64. The van der Waals surface area contributed by atoms with E-state index in [1.54, 1.807) is 0 Å². The van der Waals surface area contributed by atoms with Gasteiger partial charge in [-0.05, 0) is 25.3 Å². The van der Waals surface area contributed by atoms with Crippen LogP contribution < -0.4 is 4.72 Å². The predicted octanol–water partition coefficient (Wildman–Crippen LogP) is 1.85. The monoisotopic (exact) mass is 357 g/mol. The first kappa shape index (κ1) is 16.6. The average molecular weight is 357 g/mol. The van der Waals surface area contributed by atoms with Crippen LogP contribution in [0.3, 0.4) is 0 Å². The molecule has 1 aliphatic rings. The van der Waals surface area contributed by atoms with Gasteiger partial charge in [0, 0.05) is 13.1 Å². The summed E-state index contributed by atoms with van der Waals surface area (Å²) in [7, 11) is -3.57. The van der Waals surface area contributed by atoms with Gasteiger partial charge in [0.15, 0.2) is 0 Å². The number of rotatable bonds is 5. The molecule has 23 heavy (non-hydrogen) atoms. The smallest absolute Gasteiger partial charge is 0.279 e. The minimum atomic E-state index is -3.57. The van der Waals surface area contributed by atoms with E-state index in [2.05, 4.69) is 9.71 Å². The van der Waals surface area contributed by atoms with Gasteiger partial charge in [0.2, 0.25) is 5.89 Å². The zero-order valence-electron chi connectivity index (χ0n) is 12.9. The number of thiophene rings is 1. The fraction of sp³-hybridized carbons (Fsp3) is 0.500. The highest BCUT2D eigenvalue weighted by Crippen LogP contribution is 2.23. The van der Waals surface area contributed by atoms with Crippen LogP contribution >= 0.6 is 11.3 Å². The van der Waals surface area contributed by atoms with Crippen molar-refractivity contribution in [3.8, 4) is 10.8 Å². The fourth-order valence-electron chi connectivity index (χ4n) is 2.48. The van der Waals surface area contributed by atoms with Crippen molar-refractivity contribution in [3.63, 3.8) is 0 Å². The maximum absolute atomic E-state index is 12.4. The van der Waals surface area contributed by atoms with Gasteiger partial charge in [-0.1, -0.05) is 6.07 Å². The summed E-state index contributed by atoms with van der Waals surface area (Å²) in [5, 5.41) is 1.93. The molecule has 3 rings (SSSR count). The summed E-state index contributed by atoms with van der Waals surface area (Å²) in [6.45, 7) is 4.52. The second kappa shape index (κ2) is 6.70. The molecular weight excluding hydrogens is 338 g/mol. The zero-order chi connectivity index (χ0) is 16.4. The van der Waals surface area contributed by atoms with Crippen LogP contribution in [0.15, 0.2) is 28.2 Å². The van der Waals surface area contributed by atoms with E-state index in [0.717, 1.165) is 4.88 Å². The zero-order valence-corrected chi connectivity index (χ0v) is 14.6. The molecule has 0 aliphatic carbocycles. The lowest BCUT2D eigenvalue weighted by Gasteiger charge is -2.34. The lowest BCUT2D eigenvalue weighted by Crippen LogP contribution is -2.51. The number of aromatic nitrogens is 1. The summed E-state index contributed by atoms with van der Waals surface area (Å²) in [6, 6.07) is 3.81. The lowest BCUT2D eigenvalue weighted by atomic mass is 10.3. The van der Waals surface area contributed by atoms with Crippen molar-refractivity contribution in [3.05, 3.63) is 29.5 Å². The van der Waals surface area contributed by atoms with Crippen LogP contribution in [0.4, 0.5) is 0 Å². The number of hydrogen-bond acceptors (Lipinski definition) is 6. The van der Waals surface area contributed by atoms with E-state index < -0.39 is 10.2 Å². The third-order valence-corrected chi connectivity index (χ3v) is 5.79. The molecule has 1 N–H and O–H groups in total. The van der Waals surface area contributed by atoms with E-state index in [1.807, 2.05) is 31.4 Å². The van der Waals surface area contributed by atoms with Crippen molar-refractivity contribution in [2.24, 2.45) is 0 Å². The van der Waals surface area contributed by atoms with Crippen molar-refractivity contribution in [1.82, 2.24) is 14.0 Å². The third-order valence-electron chi connectivity index (χ3n) is 3.45. The van der Waals surface area contributed by atoms with E-state index in [4.69, 9.17) is 9.15 Å². The third kappa shape index (κ3) is 3.99. The van der Waals surface area contributed by atoms with Crippen LogP contribution in [0.25, 0.3) is 10.8 Å². The van der Waals surface area contributed by atoms with E-state index in [-0.39, 0.29) is 18.8 Å². The maximum atomic E-state index is 12.4. The Labute approximate surface area is 139 Å². The molecule has 1 aliphatic heterocycles. The molecule has 0 bridgehead atoms. The van der Waals surface area contributed by atoms with Crippen LogP contribution in [0.1, 0.15) is 19.5 Å². The summed E-state index contributed by atoms with van der Waals surface area (Å²) >= 11 is 1.52. The van der Waals surface area contributed by atoms with Gasteiger partial charge < -0.3 is 9.15 Å². The summed E-state index contributed by atoms with van der Waals surface area (Å²) in [5.74, 6) is 0.503. The van der Waals surface area contributed by atoms with E-state index in [1.165, 1.54) is 21.9 Å². The van der Waals surface area contributed by atoms with Crippen molar-refractivity contribution in [1.29, 1.82) is 0 Å². The second-order valence-electron chi connectivity index (χ2n) is 5.52. The summed E-state index contributed by atoms with van der Waals surface area (Å²) in [5.41, 5.74) is 0.548. The molecule has 2 unspecified atom stereocenters. The molecule has 0 saturated carbocycles. The minimum absolute atomic E-state index is 0.0946. The summed E-state index contributed by atoms with van der Waals surface area (Å²) in [6.07, 6.45) is 1.24. The topological polar surface area (TPSA) is 84.7 Å². The Kier molecular flexibility index (Phi) is 4.83. The lowest BCUT2D eigenvalue weighted by molar-refractivity contribution is -0.0444. The van der Waals surface area contributed by atoms with Gasteiger partial charge in [-0.2, -0.15) is 17.4 Å². The molecule has 0 amide bonds. The normalized spacial score (nSPS) is 23.2. The van der Waals surface area contributed by atoms with Crippen molar-refractivity contribution in [2.45, 2.75) is 32.6 Å². The molecule has 0 aromatic carbocycles. The van der Waals surface area contributed by atoms with Gasteiger partial charge in [0.25, 0.3) is 10.2 Å². The van der Waals surface area contributed by atoms with E-state index >= 15 is 0 Å². The van der Waals surface area contributed by atoms with Crippen molar-refractivity contribution in [2.75, 3.05) is 13.1 Å². The molecule has 9 heteroatoms. The highest BCUT2D eigenvalue weighted by atomic mass is 32.2. The number of nitrogens with zero attached hydrogens (tertiary/aromatic N) is 2. The van der Waals surface area contributed by atoms with E-state index in [0.29, 0.717) is 24.7 Å². The van der Waals surface area contributed by atoms with Gasteiger partial charge in [-0.3, -0.25) is 0 Å². The first-order valence-electron chi connectivity index (χ1n) is 7.32. The van der Waals surface area contributed by atoms with Crippen LogP contribution in [0.2, 0.25) is 0 Å². The molecule has 3 heterocycles. The Balaban J connectivity index is 1.63. The fourth-order valence-corrected chi connectivity index (χ4v) is 4.47. The standard InChI is InChI=1S/C14H19N3O4S2/c1-10-7-17(8-11(2)21-10)23(18,19)15-6-12-9-20-14(16-12)13-4-3-5-22-13/h3-5,9-11,15H,6-8H2,1-2H3. The van der Waals surface area contributed by atoms with Crippen LogP contribution in [-0.4, -0.2) is 43.0 Å². The Bertz CT molecular complexity index is 732. The van der Waals surface area contributed by atoms with Gasteiger partial charge in [0.1, 0.15) is 6.26 Å². The quantitative estimate of drug-likeness (QED) is 0.883. The molecule has 126 valence electrons. The molecular formula is C14H19N3O4S2. The van der Waals surface area contributed by atoms with Gasteiger partial charge in [-0.25, -0.2) is 4.98 Å². The van der Waals surface area contributed by atoms with Crippen LogP contribution in [-0.2, 0) is 21.5 Å². The Morgan fingerprint density at radius 3 is 2.78 bits per heavy atom. The number of hydrogen-bond donors (Lipinski definition) is 1. The summed E-state index contributed by atoms with van der Waals surface area (Å²) < 4.78 is 39.7. The van der Waals surface area contributed by atoms with Crippen LogP contribution in [0, 0.1) is 0 Å². The number of oxazole rings is 1. The Morgan fingerprint density at radius 1 is 1.39 bits per heavy atom. The largest absolute Gasteiger partial charge is 0.444 e. The highest BCUT2D eigenvalue weighted by Gasteiger charge is 2.30. The SMILES string of the molecule is CC1CN(S(=O)(=O)NCc2coc(-c3cccs3)n2)CC(C)O1. The van der Waals surface area contributed by atoms with Gasteiger partial charge in [-0.15, -0.1) is 11.3 Å². The van der Waals surface area contributed by atoms with E-state index in [9.17, 15) is 8.42 Å². The second-order valence-corrected chi connectivity index (χ2v) is 8.22. The first-order chi connectivity index (χ1) is 10.9. The number of morpholine rings is 1. The molecule has 2 aromatic heterocycles. The predicted molar refractivity (Wildman–Crippen MR) is 87.2 cm³/mol. The number of ether oxygens (including phenoxy) is 1. The Morgan fingerprint density at radius 2 is 2.13 bits per heavy atom. The molecule has 0 spiro atoms. The number of nitrogens with one attached hydrogen (secondary N) is 1. The van der Waals surface area contributed by atoms with Crippen molar-refractivity contribution >= 4 is 21.5 Å². The molecule has 0 radical (unpaired) electrons. The van der Waals surface area contributed by atoms with Gasteiger partial charge in [0.05, 0.1) is 29.3 Å². The molecule has 2 aromatic rings. The molecule has 2 atom stereocenters. The summed E-state index contributed by atoms with van der Waals surface area (Å²) in [4.78, 5) is 5.22.